The summed E-state index contributed by atoms with van der Waals surface area (Å²) in [5.41, 5.74) is 0.338. The summed E-state index contributed by atoms with van der Waals surface area (Å²) in [7, 11) is -4.00. The normalized spacial score (nSPS) is 20.6. The predicted molar refractivity (Wildman–Crippen MR) is 125 cm³/mol. The van der Waals surface area contributed by atoms with Crippen molar-refractivity contribution in [2.75, 3.05) is 19.6 Å². The smallest absolute Gasteiger partial charge is 0.241 e. The van der Waals surface area contributed by atoms with Crippen molar-refractivity contribution in [3.63, 3.8) is 0 Å². The van der Waals surface area contributed by atoms with Crippen LogP contribution in [-0.2, 0) is 14.8 Å². The van der Waals surface area contributed by atoms with Gasteiger partial charge in [-0.2, -0.15) is 0 Å². The van der Waals surface area contributed by atoms with Crippen molar-refractivity contribution in [3.8, 4) is 17.0 Å². The first-order valence-corrected chi connectivity index (χ1v) is 12.9. The monoisotopic (exact) mass is 522 g/mol. The zero-order valence-corrected chi connectivity index (χ0v) is 20.0. The van der Waals surface area contributed by atoms with E-state index in [0.717, 1.165) is 12.1 Å². The second-order valence-corrected chi connectivity index (χ2v) is 10.7. The number of rotatable bonds is 7. The van der Waals surface area contributed by atoms with Crippen molar-refractivity contribution in [1.29, 1.82) is 0 Å². The molecule has 0 radical (unpaired) electrons. The number of sulfonamides is 1. The van der Waals surface area contributed by atoms with Crippen molar-refractivity contribution in [1.82, 2.24) is 14.6 Å². The van der Waals surface area contributed by atoms with Gasteiger partial charge in [-0.1, -0.05) is 11.6 Å². The Morgan fingerprint density at radius 3 is 2.60 bits per heavy atom. The third-order valence-electron chi connectivity index (χ3n) is 5.94. The largest absolute Gasteiger partial charge is 0.472 e. The van der Waals surface area contributed by atoms with Crippen LogP contribution in [0.5, 0.6) is 5.88 Å². The quantitative estimate of drug-likeness (QED) is 0.600. The number of aromatic nitrogens is 1. The molecule has 1 atom stereocenters. The Bertz CT molecular complexity index is 1340. The van der Waals surface area contributed by atoms with Gasteiger partial charge in [0.25, 0.3) is 0 Å². The summed E-state index contributed by atoms with van der Waals surface area (Å²) in [6.07, 6.45) is 4.66. The highest BCUT2D eigenvalue weighted by atomic mass is 35.5. The summed E-state index contributed by atoms with van der Waals surface area (Å²) in [6, 6.07) is 4.25. The minimum Gasteiger partial charge on any atom is -0.472 e. The molecule has 3 heterocycles. The van der Waals surface area contributed by atoms with E-state index in [9.17, 15) is 22.0 Å². The molecule has 0 bridgehead atoms. The van der Waals surface area contributed by atoms with Crippen LogP contribution in [-0.4, -0.2) is 62.1 Å². The van der Waals surface area contributed by atoms with Gasteiger partial charge < -0.3 is 9.64 Å². The Morgan fingerprint density at radius 2 is 1.89 bits per heavy atom. The Morgan fingerprint density at radius 1 is 1.14 bits per heavy atom. The zero-order chi connectivity index (χ0) is 24.7. The SMILES string of the molecule is O=C1CN=CC(N2CC[C@@H](Oc3cc(-c4c(F)cc(S(=O)(=O)NC5CC5)cc4F)ccn3)C2)=C1Cl. The molecule has 8 nitrogen and oxygen atoms in total. The third-order valence-corrected chi connectivity index (χ3v) is 7.84. The molecule has 0 spiro atoms. The lowest BCUT2D eigenvalue weighted by Gasteiger charge is -2.22. The van der Waals surface area contributed by atoms with Gasteiger partial charge >= 0.3 is 0 Å². The number of dihydropyridines is 1. The number of hydrogen-bond donors (Lipinski definition) is 1. The Kier molecular flexibility index (Phi) is 6.32. The summed E-state index contributed by atoms with van der Waals surface area (Å²) in [4.78, 5) is 21.4. The first-order chi connectivity index (χ1) is 16.7. The summed E-state index contributed by atoms with van der Waals surface area (Å²) < 4.78 is 62.8. The molecule has 35 heavy (non-hydrogen) atoms. The number of ether oxygens (including phenoxy) is 1. The fourth-order valence-electron chi connectivity index (χ4n) is 4.02. The number of nitrogens with zero attached hydrogens (tertiary/aromatic N) is 3. The number of likely N-dealkylation sites (tertiary alicyclic amines) is 1. The Hall–Kier alpha value is -2.89. The van der Waals surface area contributed by atoms with Crippen LogP contribution in [0.3, 0.4) is 0 Å². The molecule has 12 heteroatoms. The molecule has 0 unspecified atom stereocenters. The first kappa shape index (κ1) is 23.8. The highest BCUT2D eigenvalue weighted by Crippen LogP contribution is 2.32. The molecule has 3 aliphatic rings. The molecule has 2 aliphatic heterocycles. The van der Waals surface area contributed by atoms with Crippen LogP contribution < -0.4 is 9.46 Å². The fraction of sp³-hybridized carbons (Fsp3) is 0.348. The van der Waals surface area contributed by atoms with Crippen molar-refractivity contribution in [2.45, 2.75) is 36.3 Å². The molecule has 1 aliphatic carbocycles. The van der Waals surface area contributed by atoms with E-state index < -0.39 is 26.6 Å². The number of halogens is 3. The van der Waals surface area contributed by atoms with Gasteiger partial charge in [-0.3, -0.25) is 9.79 Å². The van der Waals surface area contributed by atoms with Crippen LogP contribution in [0.2, 0.25) is 0 Å². The number of ketones is 1. The molecule has 5 rings (SSSR count). The summed E-state index contributed by atoms with van der Waals surface area (Å²) in [5.74, 6) is -2.09. The second-order valence-electron chi connectivity index (χ2n) is 8.61. The van der Waals surface area contributed by atoms with E-state index in [1.165, 1.54) is 18.3 Å². The first-order valence-electron chi connectivity index (χ1n) is 11.0. The summed E-state index contributed by atoms with van der Waals surface area (Å²) >= 11 is 6.14. The predicted octanol–water partition coefficient (Wildman–Crippen LogP) is 3.02. The van der Waals surface area contributed by atoms with Gasteiger partial charge in [0, 0.05) is 37.5 Å². The molecule has 2 fully saturated rings. The van der Waals surface area contributed by atoms with E-state index >= 15 is 0 Å². The van der Waals surface area contributed by atoms with Crippen LogP contribution in [0.15, 0.2) is 51.1 Å². The maximum Gasteiger partial charge on any atom is 0.241 e. The zero-order valence-electron chi connectivity index (χ0n) is 18.4. The van der Waals surface area contributed by atoms with Crippen LogP contribution in [0, 0.1) is 11.6 Å². The van der Waals surface area contributed by atoms with Gasteiger partial charge in [0.15, 0.2) is 5.78 Å². The van der Waals surface area contributed by atoms with Crippen LogP contribution >= 0.6 is 11.6 Å². The number of nitrogens with one attached hydrogen (secondary N) is 1. The lowest BCUT2D eigenvalue weighted by Crippen LogP contribution is -2.28. The molecule has 1 aromatic heterocycles. The molecular weight excluding hydrogens is 502 g/mol. The van der Waals surface area contributed by atoms with Crippen molar-refractivity contribution in [3.05, 3.63) is 52.8 Å². The van der Waals surface area contributed by atoms with Crippen LogP contribution in [0.4, 0.5) is 8.78 Å². The van der Waals surface area contributed by atoms with E-state index in [2.05, 4.69) is 14.7 Å². The number of benzene rings is 1. The number of aliphatic imine (C=N–C) groups is 1. The van der Waals surface area contributed by atoms with Crippen molar-refractivity contribution >= 4 is 33.6 Å². The Labute approximate surface area is 205 Å². The van der Waals surface area contributed by atoms with E-state index in [1.54, 1.807) is 6.21 Å². The average molecular weight is 523 g/mol. The standard InChI is InChI=1S/C23H21ClF2N4O4S/c24-23-19(10-27-11-20(23)31)30-6-4-15(12-30)34-21-7-13(3-5-28-21)22-17(25)8-16(9-18(22)26)35(32,33)29-14-1-2-14/h3,5,7-10,14-15,29H,1-2,4,6,11-12H2/t15-/m1/s1. The number of carbonyl (C=O) groups is 1. The molecule has 0 amide bonds. The fourth-order valence-corrected chi connectivity index (χ4v) is 5.57. The third kappa shape index (κ3) is 5.07. The van der Waals surface area contributed by atoms with E-state index in [1.807, 2.05) is 4.90 Å². The molecule has 1 saturated heterocycles. The lowest BCUT2D eigenvalue weighted by atomic mass is 10.1. The van der Waals surface area contributed by atoms with Gasteiger partial charge in [-0.25, -0.2) is 26.9 Å². The van der Waals surface area contributed by atoms with Gasteiger partial charge in [-0.15, -0.1) is 0 Å². The second kappa shape index (κ2) is 9.29. The van der Waals surface area contributed by atoms with Crippen LogP contribution in [0.1, 0.15) is 19.3 Å². The number of hydrogen-bond acceptors (Lipinski definition) is 7. The van der Waals surface area contributed by atoms with Crippen LogP contribution in [0.25, 0.3) is 11.1 Å². The number of allylic oxidation sites excluding steroid dienone is 1. The lowest BCUT2D eigenvalue weighted by molar-refractivity contribution is -0.113. The topological polar surface area (TPSA) is 101 Å². The minimum absolute atomic E-state index is 0.0316. The average Bonchev–Trinajstić information content (AvgIpc) is 3.49. The van der Waals surface area contributed by atoms with E-state index in [-0.39, 0.29) is 46.5 Å². The number of pyridine rings is 1. The highest BCUT2D eigenvalue weighted by molar-refractivity contribution is 7.89. The Balaban J connectivity index is 1.33. The minimum atomic E-state index is -4.00. The van der Waals surface area contributed by atoms with Gasteiger partial charge in [0.2, 0.25) is 15.9 Å². The van der Waals surface area contributed by atoms with E-state index in [4.69, 9.17) is 16.3 Å². The van der Waals surface area contributed by atoms with Crippen molar-refractivity contribution < 1.29 is 26.7 Å². The molecule has 184 valence electrons. The van der Waals surface area contributed by atoms with Gasteiger partial charge in [0.05, 0.1) is 22.7 Å². The van der Waals surface area contributed by atoms with E-state index in [0.29, 0.717) is 38.0 Å². The molecule has 1 aromatic carbocycles. The maximum atomic E-state index is 14.9. The van der Waals surface area contributed by atoms with Crippen molar-refractivity contribution in [2.24, 2.45) is 4.99 Å². The van der Waals surface area contributed by atoms with Gasteiger partial charge in [-0.05, 0) is 36.6 Å². The van der Waals surface area contributed by atoms with Gasteiger partial charge in [0.1, 0.15) is 29.3 Å². The molecule has 1 N–H and O–H groups in total. The number of carbonyl (C=O) groups excluding carboxylic acids is 1. The molecular formula is C23H21ClF2N4O4S. The summed E-state index contributed by atoms with van der Waals surface area (Å²) in [5, 5.41) is 0.143. The molecule has 2 aromatic rings. The maximum absolute atomic E-state index is 14.9. The summed E-state index contributed by atoms with van der Waals surface area (Å²) in [6.45, 7) is 1.05. The number of Topliss-reactive ketones (excluding diaryl/α,β-unsaturated/α-hetero) is 1. The highest BCUT2D eigenvalue weighted by Gasteiger charge is 2.31. The molecule has 1 saturated carbocycles.